The summed E-state index contributed by atoms with van der Waals surface area (Å²) in [6.45, 7) is 6.02. The summed E-state index contributed by atoms with van der Waals surface area (Å²) in [5.41, 5.74) is 0. The van der Waals surface area contributed by atoms with Crippen LogP contribution < -0.4 is 0 Å². The van der Waals surface area contributed by atoms with E-state index >= 15 is 0 Å². The van der Waals surface area contributed by atoms with Gasteiger partial charge in [0, 0.05) is 6.61 Å². The van der Waals surface area contributed by atoms with Gasteiger partial charge in [0.15, 0.2) is 0 Å². The topological polar surface area (TPSA) is 65.0 Å². The van der Waals surface area contributed by atoms with Gasteiger partial charge in [0.1, 0.15) is 6.61 Å². The minimum atomic E-state index is -1.26. The summed E-state index contributed by atoms with van der Waals surface area (Å²) in [6.07, 6.45) is 2.48. The van der Waals surface area contributed by atoms with Crippen LogP contribution in [0.5, 0.6) is 0 Å². The number of carboxylic acid groups (broad SMARTS) is 1. The van der Waals surface area contributed by atoms with Crippen molar-refractivity contribution in [1.29, 1.82) is 0 Å². The lowest BCUT2D eigenvalue weighted by Crippen LogP contribution is -2.23. The Kier molecular flexibility index (Phi) is 11.1. The smallest absolute Gasteiger partial charge is 0.450 e. The molecule has 0 saturated carbocycles. The molecule has 0 aliphatic carbocycles. The molecule has 1 atom stereocenters. The number of hydrogen-bond donors (Lipinski definition) is 1. The molecule has 0 aromatic heterocycles. The molecular weight excluding hydrogens is 224 g/mol. The summed E-state index contributed by atoms with van der Waals surface area (Å²) in [7, 11) is 0. The SMILES string of the molecule is CCCCOCCOC(CCC)COC(=O)O. The lowest BCUT2D eigenvalue weighted by atomic mass is 10.2. The van der Waals surface area contributed by atoms with E-state index in [-0.39, 0.29) is 12.7 Å². The van der Waals surface area contributed by atoms with E-state index in [1.807, 2.05) is 6.92 Å². The normalized spacial score (nSPS) is 12.4. The van der Waals surface area contributed by atoms with Gasteiger partial charge >= 0.3 is 6.16 Å². The molecule has 0 fully saturated rings. The Hall–Kier alpha value is -0.810. The van der Waals surface area contributed by atoms with Gasteiger partial charge < -0.3 is 19.3 Å². The van der Waals surface area contributed by atoms with Crippen LogP contribution in [0.25, 0.3) is 0 Å². The number of ether oxygens (including phenoxy) is 3. The Labute approximate surface area is 103 Å². The third-order valence-electron chi connectivity index (χ3n) is 2.23. The zero-order chi connectivity index (χ0) is 12.9. The molecule has 5 nitrogen and oxygen atoms in total. The summed E-state index contributed by atoms with van der Waals surface area (Å²) in [4.78, 5) is 10.3. The first-order valence-corrected chi connectivity index (χ1v) is 6.25. The van der Waals surface area contributed by atoms with Gasteiger partial charge in [0.2, 0.25) is 0 Å². The molecule has 0 aromatic rings. The van der Waals surface area contributed by atoms with Crippen molar-refractivity contribution in [2.24, 2.45) is 0 Å². The molecule has 0 radical (unpaired) electrons. The van der Waals surface area contributed by atoms with E-state index in [0.717, 1.165) is 32.3 Å². The molecule has 0 aliphatic heterocycles. The van der Waals surface area contributed by atoms with Crippen molar-refractivity contribution in [3.8, 4) is 0 Å². The second-order valence-corrected chi connectivity index (χ2v) is 3.82. The lowest BCUT2D eigenvalue weighted by Gasteiger charge is -2.16. The monoisotopic (exact) mass is 248 g/mol. The zero-order valence-corrected chi connectivity index (χ0v) is 10.8. The highest BCUT2D eigenvalue weighted by molar-refractivity contribution is 5.56. The van der Waals surface area contributed by atoms with Crippen LogP contribution in [0, 0.1) is 0 Å². The Morgan fingerprint density at radius 2 is 1.94 bits per heavy atom. The van der Waals surface area contributed by atoms with Gasteiger partial charge in [-0.15, -0.1) is 0 Å². The Balaban J connectivity index is 3.51. The molecule has 0 saturated heterocycles. The van der Waals surface area contributed by atoms with Crippen molar-refractivity contribution >= 4 is 6.16 Å². The second-order valence-electron chi connectivity index (χ2n) is 3.82. The second kappa shape index (κ2) is 11.7. The van der Waals surface area contributed by atoms with E-state index < -0.39 is 6.16 Å². The van der Waals surface area contributed by atoms with Crippen molar-refractivity contribution in [1.82, 2.24) is 0 Å². The molecule has 0 amide bonds. The minimum absolute atomic E-state index is 0.0954. The molecule has 5 heteroatoms. The van der Waals surface area contributed by atoms with E-state index in [1.54, 1.807) is 0 Å². The highest BCUT2D eigenvalue weighted by Crippen LogP contribution is 2.03. The standard InChI is InChI=1S/C12H24O5/c1-3-5-7-15-8-9-16-11(6-4-2)10-17-12(13)14/h11H,3-10H2,1-2H3,(H,13,14). The quantitative estimate of drug-likeness (QED) is 0.450. The van der Waals surface area contributed by atoms with Crippen molar-refractivity contribution in [3.63, 3.8) is 0 Å². The largest absolute Gasteiger partial charge is 0.505 e. The fraction of sp³-hybridized carbons (Fsp3) is 0.917. The van der Waals surface area contributed by atoms with Crippen molar-refractivity contribution in [3.05, 3.63) is 0 Å². The summed E-state index contributed by atoms with van der Waals surface area (Å²) < 4.78 is 15.3. The van der Waals surface area contributed by atoms with Gasteiger partial charge in [0.05, 0.1) is 19.3 Å². The summed E-state index contributed by atoms with van der Waals surface area (Å²) in [5, 5.41) is 8.40. The summed E-state index contributed by atoms with van der Waals surface area (Å²) in [5.74, 6) is 0. The van der Waals surface area contributed by atoms with Crippen molar-refractivity contribution < 1.29 is 24.1 Å². The van der Waals surface area contributed by atoms with Gasteiger partial charge in [-0.3, -0.25) is 0 Å². The summed E-state index contributed by atoms with van der Waals surface area (Å²) in [6, 6.07) is 0. The fourth-order valence-electron chi connectivity index (χ4n) is 1.32. The highest BCUT2D eigenvalue weighted by atomic mass is 16.7. The van der Waals surface area contributed by atoms with E-state index in [4.69, 9.17) is 14.6 Å². The molecule has 1 unspecified atom stereocenters. The molecule has 0 aromatic carbocycles. The zero-order valence-electron chi connectivity index (χ0n) is 10.8. The highest BCUT2D eigenvalue weighted by Gasteiger charge is 2.10. The predicted octanol–water partition coefficient (Wildman–Crippen LogP) is 2.68. The third kappa shape index (κ3) is 11.5. The number of carbonyl (C=O) groups is 1. The number of rotatable bonds is 11. The van der Waals surface area contributed by atoms with Crippen LogP contribution in [0.2, 0.25) is 0 Å². The fourth-order valence-corrected chi connectivity index (χ4v) is 1.32. The van der Waals surface area contributed by atoms with E-state index in [1.165, 1.54) is 0 Å². The average molecular weight is 248 g/mol. The first kappa shape index (κ1) is 16.2. The van der Waals surface area contributed by atoms with Gasteiger partial charge in [-0.2, -0.15) is 0 Å². The van der Waals surface area contributed by atoms with Crippen LogP contribution in [-0.4, -0.2) is 43.8 Å². The maximum absolute atomic E-state index is 10.3. The molecule has 0 aliphatic rings. The Bertz CT molecular complexity index is 184. The Morgan fingerprint density at radius 1 is 1.18 bits per heavy atom. The molecule has 0 bridgehead atoms. The van der Waals surface area contributed by atoms with Crippen molar-refractivity contribution in [2.45, 2.75) is 45.6 Å². The van der Waals surface area contributed by atoms with Crippen LogP contribution >= 0.6 is 0 Å². The van der Waals surface area contributed by atoms with Crippen molar-refractivity contribution in [2.75, 3.05) is 26.4 Å². The molecular formula is C12H24O5. The number of unbranched alkanes of at least 4 members (excludes halogenated alkanes) is 1. The predicted molar refractivity (Wildman–Crippen MR) is 64.4 cm³/mol. The van der Waals surface area contributed by atoms with Crippen LogP contribution in [-0.2, 0) is 14.2 Å². The van der Waals surface area contributed by atoms with Gasteiger partial charge in [-0.05, 0) is 12.8 Å². The third-order valence-corrected chi connectivity index (χ3v) is 2.23. The number of hydrogen-bond acceptors (Lipinski definition) is 4. The molecule has 1 N–H and O–H groups in total. The molecule has 0 heterocycles. The molecule has 0 rings (SSSR count). The van der Waals surface area contributed by atoms with Gasteiger partial charge in [-0.25, -0.2) is 4.79 Å². The van der Waals surface area contributed by atoms with E-state index in [2.05, 4.69) is 11.7 Å². The van der Waals surface area contributed by atoms with E-state index in [9.17, 15) is 4.79 Å². The lowest BCUT2D eigenvalue weighted by molar-refractivity contribution is -0.0334. The van der Waals surface area contributed by atoms with E-state index in [0.29, 0.717) is 13.2 Å². The maximum atomic E-state index is 10.3. The average Bonchev–Trinajstić information content (AvgIpc) is 2.30. The first-order chi connectivity index (χ1) is 8.20. The Morgan fingerprint density at radius 3 is 2.53 bits per heavy atom. The van der Waals surface area contributed by atoms with Crippen LogP contribution in [0.1, 0.15) is 39.5 Å². The molecule has 102 valence electrons. The molecule has 17 heavy (non-hydrogen) atoms. The minimum Gasteiger partial charge on any atom is -0.450 e. The summed E-state index contributed by atoms with van der Waals surface area (Å²) >= 11 is 0. The first-order valence-electron chi connectivity index (χ1n) is 6.25. The van der Waals surface area contributed by atoms with Gasteiger partial charge in [0.25, 0.3) is 0 Å². The van der Waals surface area contributed by atoms with Crippen LogP contribution in [0.15, 0.2) is 0 Å². The molecule has 0 spiro atoms. The maximum Gasteiger partial charge on any atom is 0.505 e. The van der Waals surface area contributed by atoms with Crippen LogP contribution in [0.3, 0.4) is 0 Å². The van der Waals surface area contributed by atoms with Crippen LogP contribution in [0.4, 0.5) is 4.79 Å². The van der Waals surface area contributed by atoms with Gasteiger partial charge in [-0.1, -0.05) is 26.7 Å².